The lowest BCUT2D eigenvalue weighted by atomic mass is 10.1. The van der Waals surface area contributed by atoms with Crippen LogP contribution in [0.4, 0.5) is 10.1 Å². The number of nitrogens with zero attached hydrogens (tertiary/aromatic N) is 1. The molecule has 0 unspecified atom stereocenters. The van der Waals surface area contributed by atoms with Gasteiger partial charge in [-0.05, 0) is 54.6 Å². The van der Waals surface area contributed by atoms with Gasteiger partial charge in [0.15, 0.2) is 0 Å². The Morgan fingerprint density at radius 1 is 0.931 bits per heavy atom. The second-order valence-corrected chi connectivity index (χ2v) is 6.42. The van der Waals surface area contributed by atoms with E-state index in [4.69, 9.17) is 4.74 Å². The van der Waals surface area contributed by atoms with Crippen molar-refractivity contribution in [1.29, 1.82) is 0 Å². The topological polar surface area (TPSA) is 60.3 Å². The summed E-state index contributed by atoms with van der Waals surface area (Å²) in [5.41, 5.74) is 1.17. The zero-order valence-electron chi connectivity index (χ0n) is 15.6. The van der Waals surface area contributed by atoms with Crippen molar-refractivity contribution >= 4 is 22.4 Å². The number of hydrogen-bond acceptors (Lipinski definition) is 3. The van der Waals surface area contributed by atoms with E-state index in [1.165, 1.54) is 35.0 Å². The number of hydrogen-bond donors (Lipinski definition) is 1. The Bertz CT molecular complexity index is 1250. The van der Waals surface area contributed by atoms with Crippen LogP contribution in [0.3, 0.4) is 0 Å². The number of pyridine rings is 1. The molecule has 4 rings (SSSR count). The van der Waals surface area contributed by atoms with E-state index >= 15 is 0 Å². The maximum absolute atomic E-state index is 13.1. The van der Waals surface area contributed by atoms with Gasteiger partial charge in [0, 0.05) is 28.3 Å². The molecule has 0 spiro atoms. The SMILES string of the molecule is COc1ccc(-n2cc(C(=O)Nc3ccc(F)cc3)c3ccccc3c2=O)cc1. The van der Waals surface area contributed by atoms with Gasteiger partial charge in [0.25, 0.3) is 11.5 Å². The molecule has 0 atom stereocenters. The molecule has 29 heavy (non-hydrogen) atoms. The highest BCUT2D eigenvalue weighted by Gasteiger charge is 2.16. The molecule has 0 saturated carbocycles. The van der Waals surface area contributed by atoms with Crippen molar-refractivity contribution in [3.05, 3.63) is 101 Å². The normalized spacial score (nSPS) is 10.7. The lowest BCUT2D eigenvalue weighted by Crippen LogP contribution is -2.22. The highest BCUT2D eigenvalue weighted by atomic mass is 19.1. The number of halogens is 1. The molecule has 4 aromatic rings. The summed E-state index contributed by atoms with van der Waals surface area (Å²) in [6.07, 6.45) is 1.52. The van der Waals surface area contributed by atoms with Crippen molar-refractivity contribution < 1.29 is 13.9 Å². The molecule has 0 saturated heterocycles. The van der Waals surface area contributed by atoms with E-state index in [0.717, 1.165) is 0 Å². The summed E-state index contributed by atoms with van der Waals surface area (Å²) in [7, 11) is 1.56. The van der Waals surface area contributed by atoms with Gasteiger partial charge in [-0.3, -0.25) is 14.2 Å². The molecular weight excluding hydrogens is 371 g/mol. The summed E-state index contributed by atoms with van der Waals surface area (Å²) in [5.74, 6) is -0.117. The van der Waals surface area contributed by atoms with Crippen LogP contribution in [-0.4, -0.2) is 17.6 Å². The van der Waals surface area contributed by atoms with E-state index in [1.54, 1.807) is 55.6 Å². The van der Waals surface area contributed by atoms with E-state index < -0.39 is 5.91 Å². The van der Waals surface area contributed by atoms with E-state index in [2.05, 4.69) is 5.32 Å². The molecule has 5 nitrogen and oxygen atoms in total. The van der Waals surface area contributed by atoms with E-state index in [0.29, 0.717) is 33.5 Å². The monoisotopic (exact) mass is 388 g/mol. The van der Waals surface area contributed by atoms with Gasteiger partial charge in [-0.15, -0.1) is 0 Å². The number of carbonyl (C=O) groups excluding carboxylic acids is 1. The van der Waals surface area contributed by atoms with Crippen LogP contribution in [0.5, 0.6) is 5.75 Å². The van der Waals surface area contributed by atoms with Crippen LogP contribution in [0.2, 0.25) is 0 Å². The number of anilines is 1. The number of fused-ring (bicyclic) bond motifs is 1. The summed E-state index contributed by atoms with van der Waals surface area (Å²) in [6, 6.07) is 19.4. The van der Waals surface area contributed by atoms with Gasteiger partial charge in [-0.25, -0.2) is 4.39 Å². The maximum Gasteiger partial charge on any atom is 0.262 e. The minimum Gasteiger partial charge on any atom is -0.497 e. The lowest BCUT2D eigenvalue weighted by molar-refractivity contribution is 0.102. The molecule has 6 heteroatoms. The number of aromatic nitrogens is 1. The third-order valence-corrected chi connectivity index (χ3v) is 4.62. The summed E-state index contributed by atoms with van der Waals surface area (Å²) < 4.78 is 19.7. The predicted molar refractivity (Wildman–Crippen MR) is 110 cm³/mol. The molecule has 0 aliphatic heterocycles. The van der Waals surface area contributed by atoms with Crippen LogP contribution in [0.15, 0.2) is 83.8 Å². The fourth-order valence-corrected chi connectivity index (χ4v) is 3.14. The van der Waals surface area contributed by atoms with Gasteiger partial charge >= 0.3 is 0 Å². The molecular formula is C23H17FN2O3. The Balaban J connectivity index is 1.84. The zero-order valence-corrected chi connectivity index (χ0v) is 15.6. The molecule has 144 valence electrons. The number of benzene rings is 3. The number of methoxy groups -OCH3 is 1. The lowest BCUT2D eigenvalue weighted by Gasteiger charge is -2.13. The Morgan fingerprint density at radius 3 is 2.24 bits per heavy atom. The van der Waals surface area contributed by atoms with Gasteiger partial charge in [-0.2, -0.15) is 0 Å². The van der Waals surface area contributed by atoms with Crippen molar-refractivity contribution in [1.82, 2.24) is 4.57 Å². The zero-order chi connectivity index (χ0) is 20.4. The molecule has 0 radical (unpaired) electrons. The molecule has 0 bridgehead atoms. The quantitative estimate of drug-likeness (QED) is 0.564. The van der Waals surface area contributed by atoms with Gasteiger partial charge in [0.2, 0.25) is 0 Å². The first-order valence-electron chi connectivity index (χ1n) is 8.92. The third kappa shape index (κ3) is 3.60. The molecule has 3 aromatic carbocycles. The largest absolute Gasteiger partial charge is 0.497 e. The Labute approximate surface area is 166 Å². The average molecular weight is 388 g/mol. The van der Waals surface area contributed by atoms with Crippen LogP contribution in [-0.2, 0) is 0 Å². The highest BCUT2D eigenvalue weighted by Crippen LogP contribution is 2.21. The van der Waals surface area contributed by atoms with E-state index in [9.17, 15) is 14.0 Å². The van der Waals surface area contributed by atoms with E-state index in [1.807, 2.05) is 0 Å². The highest BCUT2D eigenvalue weighted by molar-refractivity contribution is 6.12. The van der Waals surface area contributed by atoms with Gasteiger partial charge in [0.1, 0.15) is 11.6 Å². The molecule has 1 N–H and O–H groups in total. The number of ether oxygens (including phenoxy) is 1. The minimum atomic E-state index is -0.393. The summed E-state index contributed by atoms with van der Waals surface area (Å²) in [6.45, 7) is 0. The molecule has 0 aliphatic carbocycles. The fourth-order valence-electron chi connectivity index (χ4n) is 3.14. The van der Waals surface area contributed by atoms with Gasteiger partial charge < -0.3 is 10.1 Å². The Kier molecular flexibility index (Phi) is 4.83. The molecule has 0 aliphatic rings. The Hall–Kier alpha value is -3.93. The van der Waals surface area contributed by atoms with Crippen molar-refractivity contribution in [2.75, 3.05) is 12.4 Å². The summed E-state index contributed by atoms with van der Waals surface area (Å²) in [5, 5.41) is 3.72. The van der Waals surface area contributed by atoms with Gasteiger partial charge in [0.05, 0.1) is 12.7 Å². The molecule has 1 amide bonds. The first kappa shape index (κ1) is 18.4. The van der Waals surface area contributed by atoms with Crippen molar-refractivity contribution in [2.24, 2.45) is 0 Å². The van der Waals surface area contributed by atoms with Crippen LogP contribution in [0.25, 0.3) is 16.5 Å². The molecule has 0 fully saturated rings. The van der Waals surface area contributed by atoms with Gasteiger partial charge in [-0.1, -0.05) is 18.2 Å². The number of carbonyl (C=O) groups is 1. The smallest absolute Gasteiger partial charge is 0.262 e. The summed E-state index contributed by atoms with van der Waals surface area (Å²) in [4.78, 5) is 26.0. The summed E-state index contributed by atoms with van der Waals surface area (Å²) >= 11 is 0. The van der Waals surface area contributed by atoms with Crippen molar-refractivity contribution in [2.45, 2.75) is 0 Å². The second kappa shape index (κ2) is 7.59. The van der Waals surface area contributed by atoms with Crippen molar-refractivity contribution in [3.63, 3.8) is 0 Å². The standard InChI is InChI=1S/C23H17FN2O3/c1-29-18-12-10-17(11-13-18)26-14-21(19-4-2-3-5-20(19)23(26)28)22(27)25-16-8-6-15(24)7-9-16/h2-14H,1H3,(H,25,27). The molecule has 1 heterocycles. The number of rotatable bonds is 4. The fraction of sp³-hybridized carbons (Fsp3) is 0.0435. The average Bonchev–Trinajstić information content (AvgIpc) is 2.76. The number of amides is 1. The second-order valence-electron chi connectivity index (χ2n) is 6.42. The van der Waals surface area contributed by atoms with Crippen LogP contribution >= 0.6 is 0 Å². The maximum atomic E-state index is 13.1. The Morgan fingerprint density at radius 2 is 1.59 bits per heavy atom. The van der Waals surface area contributed by atoms with E-state index in [-0.39, 0.29) is 11.4 Å². The minimum absolute atomic E-state index is 0.232. The molecule has 1 aromatic heterocycles. The van der Waals surface area contributed by atoms with Crippen LogP contribution in [0.1, 0.15) is 10.4 Å². The predicted octanol–water partition coefficient (Wildman–Crippen LogP) is 4.39. The van der Waals surface area contributed by atoms with Crippen LogP contribution < -0.4 is 15.6 Å². The first-order valence-corrected chi connectivity index (χ1v) is 8.92. The van der Waals surface area contributed by atoms with Crippen molar-refractivity contribution in [3.8, 4) is 11.4 Å². The number of nitrogens with one attached hydrogen (secondary N) is 1. The van der Waals surface area contributed by atoms with Crippen LogP contribution in [0, 0.1) is 5.82 Å². The first-order chi connectivity index (χ1) is 14.1. The third-order valence-electron chi connectivity index (χ3n) is 4.62.